The zero-order valence-corrected chi connectivity index (χ0v) is 16.5. The number of nitriles is 1. The minimum atomic E-state index is -0.464. The Bertz CT molecular complexity index is 816. The van der Waals surface area contributed by atoms with Crippen molar-refractivity contribution in [1.82, 2.24) is 4.98 Å². The second-order valence-corrected chi connectivity index (χ2v) is 6.49. The van der Waals surface area contributed by atoms with Gasteiger partial charge in [0.15, 0.2) is 0 Å². The number of carbonyl (C=O) groups is 1. The molecule has 2 aromatic rings. The van der Waals surface area contributed by atoms with Gasteiger partial charge in [0.25, 0.3) is 0 Å². The SMILES string of the molecule is CCOC(=O)c1cc(C#N)c(SCCOc2ccc(OCC)cc2)nc1C. The molecule has 0 unspecified atom stereocenters. The molecule has 0 saturated carbocycles. The summed E-state index contributed by atoms with van der Waals surface area (Å²) in [6.45, 7) is 6.77. The van der Waals surface area contributed by atoms with Crippen molar-refractivity contribution in [1.29, 1.82) is 5.26 Å². The van der Waals surface area contributed by atoms with E-state index in [1.165, 1.54) is 17.8 Å². The predicted molar refractivity (Wildman–Crippen MR) is 103 cm³/mol. The summed E-state index contributed by atoms with van der Waals surface area (Å²) < 4.78 is 16.1. The van der Waals surface area contributed by atoms with Crippen molar-refractivity contribution in [2.45, 2.75) is 25.8 Å². The molecule has 27 heavy (non-hydrogen) atoms. The number of aromatic nitrogens is 1. The van der Waals surface area contributed by atoms with Crippen LogP contribution in [0.1, 0.15) is 35.5 Å². The Balaban J connectivity index is 1.94. The van der Waals surface area contributed by atoms with E-state index in [1.807, 2.05) is 31.2 Å². The quantitative estimate of drug-likeness (QED) is 0.366. The Kier molecular flexibility index (Phi) is 7.96. The summed E-state index contributed by atoms with van der Waals surface area (Å²) in [6, 6.07) is 11.1. The van der Waals surface area contributed by atoms with E-state index >= 15 is 0 Å². The molecule has 0 fully saturated rings. The number of nitrogens with zero attached hydrogens (tertiary/aromatic N) is 2. The molecular weight excluding hydrogens is 364 g/mol. The van der Waals surface area contributed by atoms with Gasteiger partial charge in [0.2, 0.25) is 0 Å². The van der Waals surface area contributed by atoms with E-state index in [-0.39, 0.29) is 6.61 Å². The third-order valence-corrected chi connectivity index (χ3v) is 4.47. The number of hydrogen-bond acceptors (Lipinski definition) is 7. The van der Waals surface area contributed by atoms with Crippen LogP contribution in [0.3, 0.4) is 0 Å². The number of aryl methyl sites for hydroxylation is 1. The Morgan fingerprint density at radius 3 is 2.41 bits per heavy atom. The van der Waals surface area contributed by atoms with E-state index in [0.29, 0.717) is 40.8 Å². The van der Waals surface area contributed by atoms with E-state index in [2.05, 4.69) is 11.1 Å². The van der Waals surface area contributed by atoms with Gasteiger partial charge >= 0.3 is 5.97 Å². The van der Waals surface area contributed by atoms with E-state index in [1.54, 1.807) is 13.8 Å². The zero-order valence-electron chi connectivity index (χ0n) is 15.7. The second-order valence-electron chi connectivity index (χ2n) is 5.41. The summed E-state index contributed by atoms with van der Waals surface area (Å²) in [6.07, 6.45) is 0. The largest absolute Gasteiger partial charge is 0.494 e. The first-order valence-corrected chi connectivity index (χ1v) is 9.64. The Morgan fingerprint density at radius 1 is 1.15 bits per heavy atom. The van der Waals surface area contributed by atoms with Gasteiger partial charge in [-0.15, -0.1) is 11.8 Å². The minimum Gasteiger partial charge on any atom is -0.494 e. The lowest BCUT2D eigenvalue weighted by Crippen LogP contribution is -2.09. The van der Waals surface area contributed by atoms with Gasteiger partial charge in [-0.25, -0.2) is 9.78 Å². The van der Waals surface area contributed by atoms with E-state index in [9.17, 15) is 10.1 Å². The van der Waals surface area contributed by atoms with Gasteiger partial charge in [0, 0.05) is 5.75 Å². The first kappa shape index (κ1) is 20.6. The van der Waals surface area contributed by atoms with Crippen molar-refractivity contribution < 1.29 is 19.0 Å². The first-order chi connectivity index (χ1) is 13.1. The maximum absolute atomic E-state index is 11.9. The molecule has 6 nitrogen and oxygen atoms in total. The number of carbonyl (C=O) groups excluding carboxylic acids is 1. The number of rotatable bonds is 9. The monoisotopic (exact) mass is 386 g/mol. The lowest BCUT2D eigenvalue weighted by Gasteiger charge is -2.10. The second kappa shape index (κ2) is 10.4. The van der Waals surface area contributed by atoms with Crippen molar-refractivity contribution in [3.05, 3.63) is 47.2 Å². The van der Waals surface area contributed by atoms with Gasteiger partial charge in [-0.2, -0.15) is 5.26 Å². The molecule has 0 N–H and O–H groups in total. The highest BCUT2D eigenvalue weighted by Gasteiger charge is 2.16. The molecule has 0 radical (unpaired) electrons. The fourth-order valence-corrected chi connectivity index (χ4v) is 3.11. The molecule has 1 aromatic carbocycles. The summed E-state index contributed by atoms with van der Waals surface area (Å²) in [4.78, 5) is 16.3. The predicted octanol–water partition coefficient (Wildman–Crippen LogP) is 4.01. The highest BCUT2D eigenvalue weighted by Crippen LogP contribution is 2.24. The molecule has 1 aromatic heterocycles. The van der Waals surface area contributed by atoms with Gasteiger partial charge in [0.1, 0.15) is 22.6 Å². The van der Waals surface area contributed by atoms with Crippen LogP contribution in [0.25, 0.3) is 0 Å². The number of hydrogen-bond donors (Lipinski definition) is 0. The molecule has 2 rings (SSSR count). The first-order valence-electron chi connectivity index (χ1n) is 8.66. The lowest BCUT2D eigenvalue weighted by molar-refractivity contribution is 0.0524. The van der Waals surface area contributed by atoms with E-state index < -0.39 is 5.97 Å². The number of benzene rings is 1. The molecule has 0 saturated heterocycles. The van der Waals surface area contributed by atoms with E-state index in [4.69, 9.17) is 14.2 Å². The van der Waals surface area contributed by atoms with Crippen molar-refractivity contribution in [3.8, 4) is 17.6 Å². The topological polar surface area (TPSA) is 81.4 Å². The summed E-state index contributed by atoms with van der Waals surface area (Å²) in [5.41, 5.74) is 1.22. The molecule has 0 aliphatic carbocycles. The van der Waals surface area contributed by atoms with Crippen LogP contribution >= 0.6 is 11.8 Å². The van der Waals surface area contributed by atoms with Gasteiger partial charge in [-0.05, 0) is 51.1 Å². The highest BCUT2D eigenvalue weighted by atomic mass is 32.2. The molecule has 0 atom stereocenters. The number of pyridine rings is 1. The van der Waals surface area contributed by atoms with Gasteiger partial charge in [-0.3, -0.25) is 0 Å². The van der Waals surface area contributed by atoms with Crippen molar-refractivity contribution >= 4 is 17.7 Å². The van der Waals surface area contributed by atoms with Gasteiger partial charge < -0.3 is 14.2 Å². The molecule has 142 valence electrons. The average molecular weight is 386 g/mol. The van der Waals surface area contributed by atoms with Crippen LogP contribution in [-0.4, -0.2) is 36.5 Å². The molecule has 0 amide bonds. The third-order valence-electron chi connectivity index (χ3n) is 3.52. The molecule has 1 heterocycles. The number of thioether (sulfide) groups is 1. The summed E-state index contributed by atoms with van der Waals surface area (Å²) in [5, 5.41) is 9.93. The van der Waals surface area contributed by atoms with Crippen LogP contribution in [0.2, 0.25) is 0 Å². The van der Waals surface area contributed by atoms with Crippen molar-refractivity contribution in [3.63, 3.8) is 0 Å². The maximum atomic E-state index is 11.9. The molecule has 7 heteroatoms. The number of esters is 1. The van der Waals surface area contributed by atoms with Gasteiger partial charge in [0.05, 0.1) is 36.6 Å². The molecule has 0 bridgehead atoms. The molecule has 0 aliphatic heterocycles. The molecule has 0 spiro atoms. The van der Waals surface area contributed by atoms with Crippen LogP contribution in [-0.2, 0) is 4.74 Å². The van der Waals surface area contributed by atoms with Gasteiger partial charge in [-0.1, -0.05) is 0 Å². The standard InChI is InChI=1S/C20H22N2O4S/c1-4-24-16-6-8-17(9-7-16)26-10-11-27-19-15(13-21)12-18(14(3)22-19)20(23)25-5-2/h6-9,12H,4-5,10-11H2,1-3H3. The summed E-state index contributed by atoms with van der Waals surface area (Å²) >= 11 is 1.41. The third kappa shape index (κ3) is 5.90. The van der Waals surface area contributed by atoms with Crippen molar-refractivity contribution in [2.75, 3.05) is 25.6 Å². The zero-order chi connectivity index (χ0) is 19.6. The van der Waals surface area contributed by atoms with Crippen LogP contribution in [0.5, 0.6) is 11.5 Å². The van der Waals surface area contributed by atoms with Crippen LogP contribution in [0.4, 0.5) is 0 Å². The normalized spacial score (nSPS) is 10.1. The lowest BCUT2D eigenvalue weighted by atomic mass is 10.1. The smallest absolute Gasteiger partial charge is 0.340 e. The van der Waals surface area contributed by atoms with Crippen molar-refractivity contribution in [2.24, 2.45) is 0 Å². The summed E-state index contributed by atoms with van der Waals surface area (Å²) in [5.74, 6) is 1.71. The fraction of sp³-hybridized carbons (Fsp3) is 0.350. The Hall–Kier alpha value is -2.72. The van der Waals surface area contributed by atoms with E-state index in [0.717, 1.165) is 11.5 Å². The maximum Gasteiger partial charge on any atom is 0.340 e. The minimum absolute atomic E-state index is 0.277. The van der Waals surface area contributed by atoms with Crippen LogP contribution in [0, 0.1) is 18.3 Å². The molecular formula is C20H22N2O4S. The Morgan fingerprint density at radius 2 is 1.81 bits per heavy atom. The fourth-order valence-electron chi connectivity index (χ4n) is 2.29. The number of ether oxygens (including phenoxy) is 3. The van der Waals surface area contributed by atoms with Crippen LogP contribution < -0.4 is 9.47 Å². The Labute approximate surface area is 163 Å². The molecule has 0 aliphatic rings. The highest BCUT2D eigenvalue weighted by molar-refractivity contribution is 7.99. The van der Waals surface area contributed by atoms with Crippen LogP contribution in [0.15, 0.2) is 35.4 Å². The summed E-state index contributed by atoms with van der Waals surface area (Å²) in [7, 11) is 0. The average Bonchev–Trinajstić information content (AvgIpc) is 2.67.